The molecule has 146 valence electrons. The van der Waals surface area contributed by atoms with Gasteiger partial charge in [-0.15, -0.1) is 0 Å². The highest BCUT2D eigenvalue weighted by Crippen LogP contribution is 2.41. The summed E-state index contributed by atoms with van der Waals surface area (Å²) in [6.07, 6.45) is 3.86. The highest BCUT2D eigenvalue weighted by molar-refractivity contribution is 7.89. The summed E-state index contributed by atoms with van der Waals surface area (Å²) >= 11 is 0. The summed E-state index contributed by atoms with van der Waals surface area (Å²) in [4.78, 5) is -0.187. The van der Waals surface area contributed by atoms with Crippen LogP contribution in [0.2, 0.25) is 0 Å². The smallest absolute Gasteiger partial charge is 0.244 e. The largest absolute Gasteiger partial charge is 0.497 e. The zero-order valence-electron chi connectivity index (χ0n) is 15.5. The summed E-state index contributed by atoms with van der Waals surface area (Å²) in [6.45, 7) is 0.251. The Bertz CT molecular complexity index is 891. The average molecular weight is 393 g/mol. The molecule has 0 unspecified atom stereocenters. The van der Waals surface area contributed by atoms with Crippen molar-refractivity contribution < 1.29 is 22.3 Å². The van der Waals surface area contributed by atoms with E-state index in [0.29, 0.717) is 0 Å². The summed E-state index contributed by atoms with van der Waals surface area (Å²) in [5.74, 6) is 0.257. The molecular weight excluding hydrogens is 369 g/mol. The van der Waals surface area contributed by atoms with Gasteiger partial charge in [0.2, 0.25) is 10.0 Å². The molecule has 1 fully saturated rings. The van der Waals surface area contributed by atoms with Crippen molar-refractivity contribution in [2.24, 2.45) is 0 Å². The van der Waals surface area contributed by atoms with E-state index in [1.54, 1.807) is 7.11 Å². The van der Waals surface area contributed by atoms with Crippen LogP contribution in [-0.4, -0.2) is 29.2 Å². The van der Waals surface area contributed by atoms with E-state index in [9.17, 15) is 12.8 Å². The topological polar surface area (TPSA) is 64.6 Å². The summed E-state index contributed by atoms with van der Waals surface area (Å²) < 4.78 is 52.2. The second-order valence-electron chi connectivity index (χ2n) is 6.84. The van der Waals surface area contributed by atoms with Crippen molar-refractivity contribution in [2.45, 2.75) is 36.0 Å². The summed E-state index contributed by atoms with van der Waals surface area (Å²) in [5.41, 5.74) is 0.801. The van der Waals surface area contributed by atoms with Crippen LogP contribution in [0.3, 0.4) is 0 Å². The maximum Gasteiger partial charge on any atom is 0.244 e. The molecule has 2 aromatic rings. The van der Waals surface area contributed by atoms with Crippen LogP contribution < -0.4 is 14.2 Å². The van der Waals surface area contributed by atoms with Crippen LogP contribution in [0.4, 0.5) is 4.39 Å². The standard InChI is InChI=1S/C20H24FNO4S/c1-25-17-8-5-15(6-9-17)20(11-3-4-12-20)14-22-27(23,24)19-13-16(21)7-10-18(19)26-2/h5-10,13,22H,3-4,11-12,14H2,1-2H3. The Balaban J connectivity index is 1.86. The van der Waals surface area contributed by atoms with Gasteiger partial charge in [0.25, 0.3) is 0 Å². The molecule has 1 aliphatic rings. The first-order valence-corrected chi connectivity index (χ1v) is 10.4. The molecule has 0 atom stereocenters. The van der Waals surface area contributed by atoms with Crippen molar-refractivity contribution in [3.05, 3.63) is 53.8 Å². The minimum atomic E-state index is -3.91. The molecule has 5 nitrogen and oxygen atoms in total. The number of hydrogen-bond acceptors (Lipinski definition) is 4. The first-order chi connectivity index (χ1) is 12.9. The molecule has 7 heteroatoms. The van der Waals surface area contributed by atoms with E-state index >= 15 is 0 Å². The fourth-order valence-corrected chi connectivity index (χ4v) is 5.04. The molecule has 0 radical (unpaired) electrons. The number of methoxy groups -OCH3 is 2. The van der Waals surface area contributed by atoms with Crippen LogP contribution in [0.15, 0.2) is 47.4 Å². The summed E-state index contributed by atoms with van der Waals surface area (Å²) in [7, 11) is -0.937. The van der Waals surface area contributed by atoms with E-state index in [-0.39, 0.29) is 22.6 Å². The Kier molecular flexibility index (Phi) is 5.72. The SMILES string of the molecule is COc1ccc(C2(CNS(=O)(=O)c3cc(F)ccc3OC)CCCC2)cc1. The molecule has 1 aliphatic carbocycles. The van der Waals surface area contributed by atoms with Gasteiger partial charge in [-0.1, -0.05) is 25.0 Å². The molecule has 0 amide bonds. The van der Waals surface area contributed by atoms with Crippen molar-refractivity contribution in [3.63, 3.8) is 0 Å². The highest BCUT2D eigenvalue weighted by Gasteiger charge is 2.37. The maximum absolute atomic E-state index is 13.6. The number of halogens is 1. The Morgan fingerprint density at radius 3 is 2.30 bits per heavy atom. The van der Waals surface area contributed by atoms with E-state index in [2.05, 4.69) is 4.72 Å². The fourth-order valence-electron chi connectivity index (χ4n) is 3.74. The van der Waals surface area contributed by atoms with Gasteiger partial charge in [0, 0.05) is 12.0 Å². The van der Waals surface area contributed by atoms with E-state index < -0.39 is 15.8 Å². The lowest BCUT2D eigenvalue weighted by atomic mass is 9.79. The molecule has 1 saturated carbocycles. The van der Waals surface area contributed by atoms with Crippen molar-refractivity contribution >= 4 is 10.0 Å². The van der Waals surface area contributed by atoms with Crippen LogP contribution in [0, 0.1) is 5.82 Å². The molecule has 1 N–H and O–H groups in total. The van der Waals surface area contributed by atoms with Crippen molar-refractivity contribution in [1.29, 1.82) is 0 Å². The maximum atomic E-state index is 13.6. The first kappa shape index (κ1) is 19.6. The quantitative estimate of drug-likeness (QED) is 0.780. The lowest BCUT2D eigenvalue weighted by molar-refractivity contribution is 0.398. The van der Waals surface area contributed by atoms with Crippen LogP contribution >= 0.6 is 0 Å². The zero-order chi connectivity index (χ0) is 19.5. The van der Waals surface area contributed by atoms with Crippen molar-refractivity contribution in [2.75, 3.05) is 20.8 Å². The number of sulfonamides is 1. The average Bonchev–Trinajstić information content (AvgIpc) is 3.17. The van der Waals surface area contributed by atoms with Crippen LogP contribution in [0.1, 0.15) is 31.2 Å². The van der Waals surface area contributed by atoms with Gasteiger partial charge in [0.05, 0.1) is 14.2 Å². The van der Waals surface area contributed by atoms with Crippen LogP contribution in [0.25, 0.3) is 0 Å². The number of benzene rings is 2. The van der Waals surface area contributed by atoms with Gasteiger partial charge in [-0.3, -0.25) is 0 Å². The monoisotopic (exact) mass is 393 g/mol. The molecule has 27 heavy (non-hydrogen) atoms. The molecule has 3 rings (SSSR count). The predicted octanol–water partition coefficient (Wildman–Crippen LogP) is 3.63. The third-order valence-corrected chi connectivity index (χ3v) is 6.70. The summed E-state index contributed by atoms with van der Waals surface area (Å²) in [6, 6.07) is 11.2. The van der Waals surface area contributed by atoms with E-state index in [0.717, 1.165) is 43.1 Å². The summed E-state index contributed by atoms with van der Waals surface area (Å²) in [5, 5.41) is 0. The van der Waals surface area contributed by atoms with Crippen LogP contribution in [0.5, 0.6) is 11.5 Å². The number of rotatable bonds is 7. The Labute approximate surface area is 159 Å². The number of ether oxygens (including phenoxy) is 2. The molecule has 0 spiro atoms. The van der Waals surface area contributed by atoms with Gasteiger partial charge in [0.1, 0.15) is 22.2 Å². The number of hydrogen-bond donors (Lipinski definition) is 1. The van der Waals surface area contributed by atoms with Crippen molar-refractivity contribution in [3.8, 4) is 11.5 Å². The molecule has 0 saturated heterocycles. The minimum Gasteiger partial charge on any atom is -0.497 e. The Morgan fingerprint density at radius 1 is 1.04 bits per heavy atom. The lowest BCUT2D eigenvalue weighted by Crippen LogP contribution is -2.39. The molecule has 0 aliphatic heterocycles. The first-order valence-electron chi connectivity index (χ1n) is 8.88. The highest BCUT2D eigenvalue weighted by atomic mass is 32.2. The van der Waals surface area contributed by atoms with Crippen LogP contribution in [-0.2, 0) is 15.4 Å². The second-order valence-corrected chi connectivity index (χ2v) is 8.57. The van der Waals surface area contributed by atoms with E-state index in [1.165, 1.54) is 19.2 Å². The fraction of sp³-hybridized carbons (Fsp3) is 0.400. The van der Waals surface area contributed by atoms with Gasteiger partial charge in [0.15, 0.2) is 0 Å². The van der Waals surface area contributed by atoms with E-state index in [1.807, 2.05) is 24.3 Å². The molecule has 0 aromatic heterocycles. The second kappa shape index (κ2) is 7.86. The van der Waals surface area contributed by atoms with Gasteiger partial charge in [-0.25, -0.2) is 17.5 Å². The molecule has 0 bridgehead atoms. The zero-order valence-corrected chi connectivity index (χ0v) is 16.3. The molecular formula is C20H24FNO4S. The predicted molar refractivity (Wildman–Crippen MR) is 101 cm³/mol. The lowest BCUT2D eigenvalue weighted by Gasteiger charge is -2.30. The van der Waals surface area contributed by atoms with Gasteiger partial charge in [-0.05, 0) is 48.7 Å². The van der Waals surface area contributed by atoms with Gasteiger partial charge < -0.3 is 9.47 Å². The third kappa shape index (κ3) is 4.09. The molecule has 2 aromatic carbocycles. The normalized spacial score (nSPS) is 16.3. The van der Waals surface area contributed by atoms with Crippen molar-refractivity contribution in [1.82, 2.24) is 4.72 Å². The van der Waals surface area contributed by atoms with Gasteiger partial charge >= 0.3 is 0 Å². The molecule has 0 heterocycles. The third-order valence-electron chi connectivity index (χ3n) is 5.28. The minimum absolute atomic E-state index is 0.119. The Morgan fingerprint density at radius 2 is 1.70 bits per heavy atom. The number of nitrogens with one attached hydrogen (secondary N) is 1. The van der Waals surface area contributed by atoms with Gasteiger partial charge in [-0.2, -0.15) is 0 Å². The Hall–Kier alpha value is -2.12. The van der Waals surface area contributed by atoms with E-state index in [4.69, 9.17) is 9.47 Å².